The van der Waals surface area contributed by atoms with E-state index in [1.165, 1.54) is 0 Å². The molecule has 0 N–H and O–H groups in total. The Labute approximate surface area is 121 Å². The third kappa shape index (κ3) is 1.40. The van der Waals surface area contributed by atoms with Gasteiger partial charge in [-0.3, -0.25) is 9.69 Å². The number of carbonyl (C=O) groups excluding carboxylic acids is 1. The first kappa shape index (κ1) is 13.6. The highest BCUT2D eigenvalue weighted by atomic mass is 16.1. The van der Waals surface area contributed by atoms with E-state index in [-0.39, 0.29) is 11.0 Å². The van der Waals surface area contributed by atoms with Crippen LogP contribution in [0.3, 0.4) is 0 Å². The number of ketones is 1. The van der Waals surface area contributed by atoms with E-state index in [0.29, 0.717) is 11.7 Å². The van der Waals surface area contributed by atoms with E-state index in [9.17, 15) is 4.79 Å². The van der Waals surface area contributed by atoms with E-state index in [1.807, 2.05) is 18.2 Å². The molecular formula is C18H23NO. The molecule has 0 heterocycles. The van der Waals surface area contributed by atoms with Gasteiger partial charge >= 0.3 is 0 Å². The first-order chi connectivity index (χ1) is 9.62. The predicted molar refractivity (Wildman–Crippen MR) is 81.7 cm³/mol. The third-order valence-corrected chi connectivity index (χ3v) is 5.46. The SMILES string of the molecule is CCN(CC)[C@]12CC=C[C@H]1[C@@](C)(c1ccccc1)C2=O. The lowest BCUT2D eigenvalue weighted by Gasteiger charge is -2.61. The van der Waals surface area contributed by atoms with Crippen molar-refractivity contribution in [3.63, 3.8) is 0 Å². The van der Waals surface area contributed by atoms with Gasteiger partial charge in [0.1, 0.15) is 0 Å². The van der Waals surface area contributed by atoms with Gasteiger partial charge in [-0.05, 0) is 32.0 Å². The normalized spacial score (nSPS) is 35.2. The van der Waals surface area contributed by atoms with E-state index in [1.54, 1.807) is 0 Å². The third-order valence-electron chi connectivity index (χ3n) is 5.46. The minimum atomic E-state index is -0.350. The Hall–Kier alpha value is -1.41. The molecule has 1 saturated carbocycles. The van der Waals surface area contributed by atoms with Gasteiger partial charge in [0.25, 0.3) is 0 Å². The van der Waals surface area contributed by atoms with Gasteiger partial charge in [-0.15, -0.1) is 0 Å². The second-order valence-corrected chi connectivity index (χ2v) is 6.10. The monoisotopic (exact) mass is 269 g/mol. The van der Waals surface area contributed by atoms with Gasteiger partial charge in [0, 0.05) is 5.92 Å². The van der Waals surface area contributed by atoms with Gasteiger partial charge in [0.05, 0.1) is 11.0 Å². The van der Waals surface area contributed by atoms with Crippen molar-refractivity contribution >= 4 is 5.78 Å². The van der Waals surface area contributed by atoms with Gasteiger partial charge < -0.3 is 0 Å². The lowest BCUT2D eigenvalue weighted by atomic mass is 9.47. The molecule has 2 nitrogen and oxygen atoms in total. The first-order valence-corrected chi connectivity index (χ1v) is 7.64. The van der Waals surface area contributed by atoms with Gasteiger partial charge in [-0.25, -0.2) is 0 Å². The maximum atomic E-state index is 13.2. The average molecular weight is 269 g/mol. The summed E-state index contributed by atoms with van der Waals surface area (Å²) in [4.78, 5) is 15.5. The summed E-state index contributed by atoms with van der Waals surface area (Å²) in [5, 5.41) is 0. The number of benzene rings is 1. The largest absolute Gasteiger partial charge is 0.297 e. The quantitative estimate of drug-likeness (QED) is 0.782. The van der Waals surface area contributed by atoms with E-state index < -0.39 is 0 Å². The van der Waals surface area contributed by atoms with Crippen LogP contribution in [0.1, 0.15) is 32.8 Å². The van der Waals surface area contributed by atoms with Crippen LogP contribution in [0, 0.1) is 5.92 Å². The summed E-state index contributed by atoms with van der Waals surface area (Å²) in [5.74, 6) is 0.708. The number of nitrogens with zero attached hydrogens (tertiary/aromatic N) is 1. The van der Waals surface area contributed by atoms with Crippen LogP contribution in [0.2, 0.25) is 0 Å². The molecule has 0 radical (unpaired) electrons. The van der Waals surface area contributed by atoms with Crippen LogP contribution < -0.4 is 0 Å². The molecule has 1 fully saturated rings. The highest BCUT2D eigenvalue weighted by Crippen LogP contribution is 2.59. The first-order valence-electron chi connectivity index (χ1n) is 7.64. The van der Waals surface area contributed by atoms with Crippen molar-refractivity contribution in [2.75, 3.05) is 13.1 Å². The van der Waals surface area contributed by atoms with E-state index in [2.05, 4.69) is 50.0 Å². The summed E-state index contributed by atoms with van der Waals surface area (Å²) in [7, 11) is 0. The molecule has 106 valence electrons. The van der Waals surface area contributed by atoms with Gasteiger partial charge in [-0.1, -0.05) is 56.3 Å². The Kier molecular flexibility index (Phi) is 3.09. The Bertz CT molecular complexity index is 546. The Morgan fingerprint density at radius 1 is 1.20 bits per heavy atom. The number of rotatable bonds is 4. The van der Waals surface area contributed by atoms with Crippen molar-refractivity contribution in [1.82, 2.24) is 4.90 Å². The summed E-state index contributed by atoms with van der Waals surface area (Å²) >= 11 is 0. The molecule has 2 aliphatic carbocycles. The Morgan fingerprint density at radius 2 is 1.85 bits per heavy atom. The zero-order chi connectivity index (χ0) is 14.4. The lowest BCUT2D eigenvalue weighted by Crippen LogP contribution is -2.76. The molecular weight excluding hydrogens is 246 g/mol. The van der Waals surface area contributed by atoms with Crippen LogP contribution >= 0.6 is 0 Å². The fourth-order valence-electron chi connectivity index (χ4n) is 4.44. The Morgan fingerprint density at radius 3 is 2.45 bits per heavy atom. The zero-order valence-corrected chi connectivity index (χ0v) is 12.6. The molecule has 2 aliphatic rings. The molecule has 2 heteroatoms. The number of hydrogen-bond donors (Lipinski definition) is 0. The minimum Gasteiger partial charge on any atom is -0.297 e. The Balaban J connectivity index is 2.03. The van der Waals surface area contributed by atoms with Crippen LogP contribution in [0.15, 0.2) is 42.5 Å². The van der Waals surface area contributed by atoms with Crippen LogP contribution in [0.25, 0.3) is 0 Å². The number of hydrogen-bond acceptors (Lipinski definition) is 2. The number of likely N-dealkylation sites (N-methyl/N-ethyl adjacent to an activating group) is 1. The minimum absolute atomic E-state index is 0.270. The van der Waals surface area contributed by atoms with Crippen molar-refractivity contribution < 1.29 is 4.79 Å². The fraction of sp³-hybridized carbons (Fsp3) is 0.500. The maximum Gasteiger partial charge on any atom is 0.164 e. The molecule has 0 bridgehead atoms. The molecule has 3 rings (SSSR count). The summed E-state index contributed by atoms with van der Waals surface area (Å²) < 4.78 is 0. The summed E-state index contributed by atoms with van der Waals surface area (Å²) in [6.07, 6.45) is 5.35. The van der Waals surface area contributed by atoms with Crippen LogP contribution in [0.4, 0.5) is 0 Å². The molecule has 0 saturated heterocycles. The molecule has 0 aromatic heterocycles. The highest BCUT2D eigenvalue weighted by Gasteiger charge is 2.70. The highest BCUT2D eigenvalue weighted by molar-refractivity contribution is 6.06. The molecule has 0 spiro atoms. The average Bonchev–Trinajstić information content (AvgIpc) is 2.91. The fourth-order valence-corrected chi connectivity index (χ4v) is 4.44. The van der Waals surface area contributed by atoms with Crippen LogP contribution in [-0.2, 0) is 10.2 Å². The number of Topliss-reactive ketones (excluding diaryl/α,β-unsaturated/α-hetero) is 1. The van der Waals surface area contributed by atoms with E-state index in [0.717, 1.165) is 25.1 Å². The van der Waals surface area contributed by atoms with Crippen molar-refractivity contribution in [1.29, 1.82) is 0 Å². The lowest BCUT2D eigenvalue weighted by molar-refractivity contribution is -0.159. The number of carbonyl (C=O) groups is 1. The van der Waals surface area contributed by atoms with E-state index in [4.69, 9.17) is 0 Å². The van der Waals surface area contributed by atoms with Gasteiger partial charge in [-0.2, -0.15) is 0 Å². The molecule has 0 unspecified atom stereocenters. The molecule has 0 amide bonds. The molecule has 20 heavy (non-hydrogen) atoms. The molecule has 3 atom stereocenters. The van der Waals surface area contributed by atoms with Gasteiger partial charge in [0.15, 0.2) is 5.78 Å². The predicted octanol–water partition coefficient (Wildman–Crippen LogP) is 3.18. The maximum absolute atomic E-state index is 13.2. The van der Waals surface area contributed by atoms with Crippen LogP contribution in [-0.4, -0.2) is 29.3 Å². The van der Waals surface area contributed by atoms with Crippen molar-refractivity contribution in [3.05, 3.63) is 48.0 Å². The summed E-state index contributed by atoms with van der Waals surface area (Å²) in [5.41, 5.74) is 0.537. The molecule has 1 aromatic carbocycles. The van der Waals surface area contributed by atoms with Crippen LogP contribution in [0.5, 0.6) is 0 Å². The van der Waals surface area contributed by atoms with Crippen molar-refractivity contribution in [3.8, 4) is 0 Å². The zero-order valence-electron chi connectivity index (χ0n) is 12.6. The molecule has 0 aliphatic heterocycles. The van der Waals surface area contributed by atoms with E-state index >= 15 is 0 Å². The molecule has 1 aromatic rings. The second-order valence-electron chi connectivity index (χ2n) is 6.10. The summed E-state index contributed by atoms with van der Waals surface area (Å²) in [6, 6.07) is 10.3. The topological polar surface area (TPSA) is 20.3 Å². The van der Waals surface area contributed by atoms with Crippen molar-refractivity contribution in [2.45, 2.75) is 38.1 Å². The van der Waals surface area contributed by atoms with Gasteiger partial charge in [0.2, 0.25) is 0 Å². The standard InChI is InChI=1S/C18H23NO/c1-4-19(5-2)18-13-9-12-15(18)17(3,16(18)20)14-10-7-6-8-11-14/h6-12,15H,4-5,13H2,1-3H3/t15-,17+,18+/m0/s1. The summed E-state index contributed by atoms with van der Waals surface area (Å²) in [6.45, 7) is 8.29. The second kappa shape index (κ2) is 4.56. The van der Waals surface area contributed by atoms with Crippen molar-refractivity contribution in [2.24, 2.45) is 5.92 Å². The smallest absolute Gasteiger partial charge is 0.164 e. The number of fused-ring (bicyclic) bond motifs is 1.